The molecule has 90 valence electrons. The molecule has 0 aliphatic carbocycles. The highest BCUT2D eigenvalue weighted by molar-refractivity contribution is 5.79. The first-order chi connectivity index (χ1) is 8.19. The van der Waals surface area contributed by atoms with E-state index in [-0.39, 0.29) is 0 Å². The number of fused-ring (bicyclic) bond motifs is 1. The van der Waals surface area contributed by atoms with Gasteiger partial charge in [0, 0.05) is 11.1 Å². The Morgan fingerprint density at radius 2 is 2.06 bits per heavy atom. The maximum absolute atomic E-state index is 4.52. The van der Waals surface area contributed by atoms with Crippen molar-refractivity contribution in [2.24, 2.45) is 5.92 Å². The number of hydrogen-bond acceptors (Lipinski definition) is 2. The molecule has 0 aliphatic heterocycles. The molecular formula is C15H20N2. The van der Waals surface area contributed by atoms with Crippen LogP contribution in [0.5, 0.6) is 0 Å². The Hall–Kier alpha value is -1.41. The largest absolute Gasteiger partial charge is 0.319 e. The van der Waals surface area contributed by atoms with Crippen LogP contribution in [0.4, 0.5) is 0 Å². The summed E-state index contributed by atoms with van der Waals surface area (Å²) in [5.74, 6) is 0.663. The second kappa shape index (κ2) is 5.28. The Morgan fingerprint density at radius 3 is 2.82 bits per heavy atom. The molecule has 0 bridgehead atoms. The van der Waals surface area contributed by atoms with Crippen molar-refractivity contribution in [1.82, 2.24) is 10.3 Å². The first-order valence-electron chi connectivity index (χ1n) is 6.20. The summed E-state index contributed by atoms with van der Waals surface area (Å²) in [4.78, 5) is 4.52. The molecular weight excluding hydrogens is 208 g/mol. The molecule has 0 radical (unpaired) electrons. The predicted molar refractivity (Wildman–Crippen MR) is 73.3 cm³/mol. The van der Waals surface area contributed by atoms with Gasteiger partial charge in [-0.1, -0.05) is 19.1 Å². The molecule has 1 heterocycles. The van der Waals surface area contributed by atoms with E-state index in [1.165, 1.54) is 10.9 Å². The highest BCUT2D eigenvalue weighted by Crippen LogP contribution is 2.17. The number of nitrogens with one attached hydrogen (secondary N) is 1. The number of pyridine rings is 1. The quantitative estimate of drug-likeness (QED) is 0.870. The number of hydrogen-bond donors (Lipinski definition) is 1. The van der Waals surface area contributed by atoms with Gasteiger partial charge in [-0.05, 0) is 56.6 Å². The van der Waals surface area contributed by atoms with Crippen LogP contribution in [0.25, 0.3) is 10.9 Å². The molecule has 1 atom stereocenters. The van der Waals surface area contributed by atoms with E-state index in [0.717, 1.165) is 24.2 Å². The van der Waals surface area contributed by atoms with Crippen LogP contribution in [0, 0.1) is 12.8 Å². The van der Waals surface area contributed by atoms with Gasteiger partial charge < -0.3 is 5.32 Å². The molecule has 0 saturated carbocycles. The van der Waals surface area contributed by atoms with Crippen molar-refractivity contribution < 1.29 is 0 Å². The number of rotatable bonds is 4. The molecule has 2 heteroatoms. The summed E-state index contributed by atoms with van der Waals surface area (Å²) in [5, 5.41) is 4.46. The van der Waals surface area contributed by atoms with E-state index in [1.807, 2.05) is 14.0 Å². The van der Waals surface area contributed by atoms with Crippen molar-refractivity contribution in [3.8, 4) is 0 Å². The summed E-state index contributed by atoms with van der Waals surface area (Å²) >= 11 is 0. The maximum atomic E-state index is 4.52. The van der Waals surface area contributed by atoms with E-state index in [9.17, 15) is 0 Å². The number of nitrogens with zero attached hydrogens (tertiary/aromatic N) is 1. The summed E-state index contributed by atoms with van der Waals surface area (Å²) < 4.78 is 0. The molecule has 2 rings (SSSR count). The Kier molecular flexibility index (Phi) is 3.75. The van der Waals surface area contributed by atoms with Crippen molar-refractivity contribution in [3.05, 3.63) is 41.6 Å². The molecule has 2 nitrogen and oxygen atoms in total. The second-order valence-corrected chi connectivity index (χ2v) is 4.85. The van der Waals surface area contributed by atoms with Gasteiger partial charge in [0.05, 0.1) is 5.52 Å². The lowest BCUT2D eigenvalue weighted by Crippen LogP contribution is -2.17. The van der Waals surface area contributed by atoms with Crippen molar-refractivity contribution in [2.45, 2.75) is 20.3 Å². The van der Waals surface area contributed by atoms with Crippen LogP contribution in [0.1, 0.15) is 18.2 Å². The number of benzene rings is 1. The standard InChI is InChI=1S/C15H20N2/c1-11(10-16-3)8-13-5-7-15-14(9-13)6-4-12(2)17-15/h4-7,9,11,16H,8,10H2,1-3H3. The average Bonchev–Trinajstić information content (AvgIpc) is 2.29. The summed E-state index contributed by atoms with van der Waals surface area (Å²) in [5.41, 5.74) is 3.56. The van der Waals surface area contributed by atoms with Crippen LogP contribution in [0.2, 0.25) is 0 Å². The normalized spacial score (nSPS) is 12.9. The van der Waals surface area contributed by atoms with Gasteiger partial charge in [-0.15, -0.1) is 0 Å². The first kappa shape index (κ1) is 12.1. The van der Waals surface area contributed by atoms with Crippen LogP contribution < -0.4 is 5.32 Å². The van der Waals surface area contributed by atoms with Gasteiger partial charge in [0.2, 0.25) is 0 Å². The number of aromatic nitrogens is 1. The number of aryl methyl sites for hydroxylation is 1. The summed E-state index contributed by atoms with van der Waals surface area (Å²) in [6, 6.07) is 10.8. The minimum absolute atomic E-state index is 0.663. The van der Waals surface area contributed by atoms with Gasteiger partial charge >= 0.3 is 0 Å². The van der Waals surface area contributed by atoms with Crippen molar-refractivity contribution in [3.63, 3.8) is 0 Å². The topological polar surface area (TPSA) is 24.9 Å². The summed E-state index contributed by atoms with van der Waals surface area (Å²) in [6.07, 6.45) is 1.12. The summed E-state index contributed by atoms with van der Waals surface area (Å²) in [7, 11) is 2.00. The lowest BCUT2D eigenvalue weighted by Gasteiger charge is -2.11. The maximum Gasteiger partial charge on any atom is 0.0705 e. The van der Waals surface area contributed by atoms with Crippen LogP contribution in [0.3, 0.4) is 0 Å². The van der Waals surface area contributed by atoms with E-state index in [0.29, 0.717) is 5.92 Å². The Labute approximate surface area is 103 Å². The highest BCUT2D eigenvalue weighted by atomic mass is 14.8. The molecule has 17 heavy (non-hydrogen) atoms. The molecule has 1 N–H and O–H groups in total. The monoisotopic (exact) mass is 228 g/mol. The van der Waals surface area contributed by atoms with Gasteiger partial charge in [-0.2, -0.15) is 0 Å². The smallest absolute Gasteiger partial charge is 0.0705 e. The van der Waals surface area contributed by atoms with E-state index < -0.39 is 0 Å². The Bertz CT molecular complexity index is 505. The van der Waals surface area contributed by atoms with Gasteiger partial charge in [0.1, 0.15) is 0 Å². The van der Waals surface area contributed by atoms with Crippen molar-refractivity contribution in [2.75, 3.05) is 13.6 Å². The van der Waals surface area contributed by atoms with Gasteiger partial charge in [0.15, 0.2) is 0 Å². The van der Waals surface area contributed by atoms with E-state index >= 15 is 0 Å². The predicted octanol–water partition coefficient (Wildman–Crippen LogP) is 2.94. The highest BCUT2D eigenvalue weighted by Gasteiger charge is 2.04. The van der Waals surface area contributed by atoms with E-state index in [4.69, 9.17) is 0 Å². The first-order valence-corrected chi connectivity index (χ1v) is 6.20. The molecule has 2 aromatic rings. The second-order valence-electron chi connectivity index (χ2n) is 4.85. The SMILES string of the molecule is CNCC(C)Cc1ccc2nc(C)ccc2c1. The van der Waals surface area contributed by atoms with Gasteiger partial charge in [0.25, 0.3) is 0 Å². The fourth-order valence-corrected chi connectivity index (χ4v) is 2.23. The lowest BCUT2D eigenvalue weighted by molar-refractivity contribution is 0.542. The third-order valence-corrected chi connectivity index (χ3v) is 3.03. The summed E-state index contributed by atoms with van der Waals surface area (Å²) in [6.45, 7) is 5.36. The minimum Gasteiger partial charge on any atom is -0.319 e. The molecule has 1 aromatic heterocycles. The van der Waals surface area contributed by atoms with E-state index in [1.54, 1.807) is 0 Å². The van der Waals surface area contributed by atoms with Crippen LogP contribution in [0.15, 0.2) is 30.3 Å². The Morgan fingerprint density at radius 1 is 1.24 bits per heavy atom. The van der Waals surface area contributed by atoms with Crippen LogP contribution >= 0.6 is 0 Å². The fraction of sp³-hybridized carbons (Fsp3) is 0.400. The van der Waals surface area contributed by atoms with Crippen molar-refractivity contribution >= 4 is 10.9 Å². The van der Waals surface area contributed by atoms with Crippen LogP contribution in [-0.2, 0) is 6.42 Å². The molecule has 0 spiro atoms. The van der Waals surface area contributed by atoms with Gasteiger partial charge in [-0.25, -0.2) is 0 Å². The third-order valence-electron chi connectivity index (χ3n) is 3.03. The molecule has 0 fully saturated rings. The Balaban J connectivity index is 2.23. The average molecular weight is 228 g/mol. The zero-order valence-electron chi connectivity index (χ0n) is 10.8. The lowest BCUT2D eigenvalue weighted by atomic mass is 9.99. The van der Waals surface area contributed by atoms with Crippen molar-refractivity contribution in [1.29, 1.82) is 0 Å². The zero-order valence-corrected chi connectivity index (χ0v) is 10.8. The van der Waals surface area contributed by atoms with E-state index in [2.05, 4.69) is 47.6 Å². The fourth-order valence-electron chi connectivity index (χ4n) is 2.23. The molecule has 1 unspecified atom stereocenters. The molecule has 1 aromatic carbocycles. The molecule has 0 saturated heterocycles. The molecule has 0 amide bonds. The van der Waals surface area contributed by atoms with Gasteiger partial charge in [-0.3, -0.25) is 4.98 Å². The molecule has 0 aliphatic rings. The van der Waals surface area contributed by atoms with Crippen LogP contribution in [-0.4, -0.2) is 18.6 Å². The minimum atomic E-state index is 0.663. The third kappa shape index (κ3) is 3.04. The zero-order chi connectivity index (χ0) is 12.3.